The number of aldehydes is 1. The zero-order valence-corrected chi connectivity index (χ0v) is 9.99. The molecule has 0 saturated heterocycles. The van der Waals surface area contributed by atoms with Crippen LogP contribution in [0.1, 0.15) is 20.7 Å². The summed E-state index contributed by atoms with van der Waals surface area (Å²) >= 11 is 1.47. The van der Waals surface area contributed by atoms with E-state index < -0.39 is 0 Å². The molecular weight excluding hydrogens is 236 g/mol. The van der Waals surface area contributed by atoms with Crippen LogP contribution in [-0.4, -0.2) is 19.4 Å². The van der Waals surface area contributed by atoms with E-state index in [9.17, 15) is 9.59 Å². The second-order valence-corrected chi connectivity index (χ2v) is 4.34. The molecule has 1 aromatic heterocycles. The molecule has 0 aliphatic carbocycles. The number of benzene rings is 1. The first-order valence-electron chi connectivity index (χ1n) is 4.97. The Bertz CT molecular complexity index is 540. The third-order valence-corrected chi connectivity index (χ3v) is 3.33. The monoisotopic (exact) mass is 246 g/mol. The first kappa shape index (κ1) is 11.5. The van der Waals surface area contributed by atoms with Crippen molar-refractivity contribution in [3.8, 4) is 10.4 Å². The van der Waals surface area contributed by atoms with Crippen molar-refractivity contribution in [1.29, 1.82) is 0 Å². The van der Waals surface area contributed by atoms with E-state index in [0.29, 0.717) is 11.1 Å². The summed E-state index contributed by atoms with van der Waals surface area (Å²) in [6, 6.07) is 9.00. The predicted octanol–water partition coefficient (Wildman–Crippen LogP) is 3.01. The van der Waals surface area contributed by atoms with Gasteiger partial charge in [0.1, 0.15) is 6.29 Å². The van der Waals surface area contributed by atoms with Crippen molar-refractivity contribution >= 4 is 23.6 Å². The van der Waals surface area contributed by atoms with Crippen LogP contribution in [0.4, 0.5) is 0 Å². The maximum Gasteiger partial charge on any atom is 0.338 e. The Morgan fingerprint density at radius 2 is 2.00 bits per heavy atom. The molecule has 1 heterocycles. The molecular formula is C13H10O3S. The average Bonchev–Trinajstić information content (AvgIpc) is 2.87. The standard InChI is InChI=1S/C13H10O3S/c1-16-13(15)11-6-12(17-8-11)10-4-2-9(7-14)3-5-10/h2-8H,1H3. The van der Waals surface area contributed by atoms with Crippen molar-refractivity contribution in [3.63, 3.8) is 0 Å². The molecule has 0 aliphatic rings. The van der Waals surface area contributed by atoms with Gasteiger partial charge < -0.3 is 4.74 Å². The molecule has 0 fully saturated rings. The molecule has 0 amide bonds. The second-order valence-electron chi connectivity index (χ2n) is 3.43. The van der Waals surface area contributed by atoms with Gasteiger partial charge in [0, 0.05) is 15.8 Å². The summed E-state index contributed by atoms with van der Waals surface area (Å²) in [6.07, 6.45) is 0.804. The van der Waals surface area contributed by atoms with Crippen molar-refractivity contribution in [2.24, 2.45) is 0 Å². The highest BCUT2D eigenvalue weighted by Crippen LogP contribution is 2.27. The average molecular weight is 246 g/mol. The smallest absolute Gasteiger partial charge is 0.338 e. The molecule has 0 unspecified atom stereocenters. The van der Waals surface area contributed by atoms with Crippen molar-refractivity contribution in [3.05, 3.63) is 46.8 Å². The number of rotatable bonds is 3. The number of hydrogen-bond acceptors (Lipinski definition) is 4. The van der Waals surface area contributed by atoms with E-state index in [-0.39, 0.29) is 5.97 Å². The van der Waals surface area contributed by atoms with E-state index >= 15 is 0 Å². The molecule has 0 atom stereocenters. The lowest BCUT2D eigenvalue weighted by molar-refractivity contribution is 0.0601. The van der Waals surface area contributed by atoms with E-state index in [2.05, 4.69) is 4.74 Å². The summed E-state index contributed by atoms with van der Waals surface area (Å²) in [6.45, 7) is 0. The van der Waals surface area contributed by atoms with Crippen molar-refractivity contribution in [1.82, 2.24) is 0 Å². The van der Waals surface area contributed by atoms with Crippen LogP contribution < -0.4 is 0 Å². The number of carbonyl (C=O) groups excluding carboxylic acids is 2. The van der Waals surface area contributed by atoms with Gasteiger partial charge in [0.05, 0.1) is 12.7 Å². The summed E-state index contributed by atoms with van der Waals surface area (Å²) in [5.74, 6) is -0.336. The molecule has 0 saturated carbocycles. The van der Waals surface area contributed by atoms with Gasteiger partial charge in [-0.05, 0) is 11.6 Å². The highest BCUT2D eigenvalue weighted by Gasteiger charge is 2.09. The number of thiophene rings is 1. The zero-order chi connectivity index (χ0) is 12.3. The van der Waals surface area contributed by atoms with Crippen LogP contribution in [0.2, 0.25) is 0 Å². The van der Waals surface area contributed by atoms with Gasteiger partial charge in [0.2, 0.25) is 0 Å². The van der Waals surface area contributed by atoms with E-state index in [0.717, 1.165) is 16.7 Å². The van der Waals surface area contributed by atoms with Gasteiger partial charge in [-0.3, -0.25) is 4.79 Å². The van der Waals surface area contributed by atoms with Gasteiger partial charge >= 0.3 is 5.97 Å². The Hall–Kier alpha value is -1.94. The van der Waals surface area contributed by atoms with Crippen molar-refractivity contribution in [2.75, 3.05) is 7.11 Å². The molecule has 3 nitrogen and oxygen atoms in total. The van der Waals surface area contributed by atoms with Gasteiger partial charge in [-0.2, -0.15) is 0 Å². The molecule has 0 bridgehead atoms. The molecule has 17 heavy (non-hydrogen) atoms. The summed E-state index contributed by atoms with van der Waals surface area (Å²) in [4.78, 5) is 22.8. The van der Waals surface area contributed by atoms with Crippen molar-refractivity contribution < 1.29 is 14.3 Å². The minimum atomic E-state index is -0.336. The molecule has 0 spiro atoms. The zero-order valence-electron chi connectivity index (χ0n) is 9.17. The molecule has 0 aliphatic heterocycles. The molecule has 86 valence electrons. The topological polar surface area (TPSA) is 43.4 Å². The Kier molecular flexibility index (Phi) is 3.35. The minimum Gasteiger partial charge on any atom is -0.465 e. The van der Waals surface area contributed by atoms with Crippen LogP contribution in [0.15, 0.2) is 35.7 Å². The fraction of sp³-hybridized carbons (Fsp3) is 0.0769. The third kappa shape index (κ3) is 2.42. The summed E-state index contributed by atoms with van der Waals surface area (Å²) in [7, 11) is 1.36. The summed E-state index contributed by atoms with van der Waals surface area (Å²) < 4.78 is 4.64. The summed E-state index contributed by atoms with van der Waals surface area (Å²) in [5.41, 5.74) is 2.17. The van der Waals surface area contributed by atoms with Gasteiger partial charge in [-0.15, -0.1) is 11.3 Å². The van der Waals surface area contributed by atoms with Gasteiger partial charge in [-0.25, -0.2) is 4.79 Å². The Balaban J connectivity index is 2.30. The lowest BCUT2D eigenvalue weighted by Crippen LogP contribution is -1.97. The lowest BCUT2D eigenvalue weighted by atomic mass is 10.1. The van der Waals surface area contributed by atoms with Crippen LogP contribution in [0.25, 0.3) is 10.4 Å². The Morgan fingerprint density at radius 3 is 2.59 bits per heavy atom. The van der Waals surface area contributed by atoms with Gasteiger partial charge in [-0.1, -0.05) is 24.3 Å². The van der Waals surface area contributed by atoms with Gasteiger partial charge in [0.15, 0.2) is 0 Å². The number of esters is 1. The fourth-order valence-corrected chi connectivity index (χ4v) is 2.32. The third-order valence-electron chi connectivity index (χ3n) is 2.35. The molecule has 0 radical (unpaired) electrons. The van der Waals surface area contributed by atoms with E-state index in [1.807, 2.05) is 12.1 Å². The van der Waals surface area contributed by atoms with Crippen LogP contribution >= 0.6 is 11.3 Å². The molecule has 2 rings (SSSR count). The molecule has 2 aromatic rings. The molecule has 1 aromatic carbocycles. The van der Waals surface area contributed by atoms with Gasteiger partial charge in [0.25, 0.3) is 0 Å². The first-order valence-corrected chi connectivity index (χ1v) is 5.85. The van der Waals surface area contributed by atoms with E-state index in [1.54, 1.807) is 23.6 Å². The number of hydrogen-bond donors (Lipinski definition) is 0. The van der Waals surface area contributed by atoms with Crippen LogP contribution in [-0.2, 0) is 4.74 Å². The number of carbonyl (C=O) groups is 2. The first-order chi connectivity index (χ1) is 8.24. The van der Waals surface area contributed by atoms with Crippen LogP contribution in [0, 0.1) is 0 Å². The van der Waals surface area contributed by atoms with Crippen LogP contribution in [0.3, 0.4) is 0 Å². The van der Waals surface area contributed by atoms with E-state index in [4.69, 9.17) is 0 Å². The minimum absolute atomic E-state index is 0.336. The highest BCUT2D eigenvalue weighted by molar-refractivity contribution is 7.13. The normalized spacial score (nSPS) is 9.94. The highest BCUT2D eigenvalue weighted by atomic mass is 32.1. The lowest BCUT2D eigenvalue weighted by Gasteiger charge is -1.97. The number of methoxy groups -OCH3 is 1. The molecule has 0 N–H and O–H groups in total. The maximum absolute atomic E-state index is 11.3. The Morgan fingerprint density at radius 1 is 1.29 bits per heavy atom. The van der Waals surface area contributed by atoms with E-state index in [1.165, 1.54) is 18.4 Å². The number of ether oxygens (including phenoxy) is 1. The second kappa shape index (κ2) is 4.93. The SMILES string of the molecule is COC(=O)c1csc(-c2ccc(C=O)cc2)c1. The van der Waals surface area contributed by atoms with Crippen molar-refractivity contribution in [2.45, 2.75) is 0 Å². The largest absolute Gasteiger partial charge is 0.465 e. The maximum atomic E-state index is 11.3. The summed E-state index contributed by atoms with van der Waals surface area (Å²) in [5, 5.41) is 1.76. The predicted molar refractivity (Wildman–Crippen MR) is 66.5 cm³/mol. The van der Waals surface area contributed by atoms with Crippen LogP contribution in [0.5, 0.6) is 0 Å². The molecule has 4 heteroatoms. The Labute approximate surface area is 103 Å². The quantitative estimate of drug-likeness (QED) is 0.617. The fourth-order valence-electron chi connectivity index (χ4n) is 1.44.